The first-order chi connectivity index (χ1) is 13.2. The van der Waals surface area contributed by atoms with Crippen molar-refractivity contribution in [2.45, 2.75) is 65.2 Å². The number of hydrogen-bond acceptors (Lipinski definition) is 6. The molecule has 0 atom stereocenters. The van der Waals surface area contributed by atoms with Gasteiger partial charge in [0.25, 0.3) is 0 Å². The van der Waals surface area contributed by atoms with Crippen molar-refractivity contribution in [3.8, 4) is 0 Å². The predicted molar refractivity (Wildman–Crippen MR) is 96.5 cm³/mol. The minimum Gasteiger partial charge on any atom is -0.277 e. The van der Waals surface area contributed by atoms with Crippen LogP contribution in [0.5, 0.6) is 0 Å². The Morgan fingerprint density at radius 2 is 0.821 bits per heavy atom. The average molecular weight is 394 g/mol. The van der Waals surface area contributed by atoms with Gasteiger partial charge in [0.2, 0.25) is 23.6 Å². The smallest absolute Gasteiger partial charge is 0.277 e. The molecule has 154 valence electrons. The molecule has 2 fully saturated rings. The lowest BCUT2D eigenvalue weighted by atomic mass is 9.73. The fourth-order valence-corrected chi connectivity index (χ4v) is 4.03. The summed E-state index contributed by atoms with van der Waals surface area (Å²) in [5, 5.41) is 8.59. The third-order valence-electron chi connectivity index (χ3n) is 5.46. The number of nitrogens with one attached hydrogen (secondary N) is 4. The number of urea groups is 2. The van der Waals surface area contributed by atoms with Crippen molar-refractivity contribution < 1.29 is 28.8 Å². The van der Waals surface area contributed by atoms with Crippen molar-refractivity contribution in [2.24, 2.45) is 10.8 Å². The van der Waals surface area contributed by atoms with Gasteiger partial charge in [0.1, 0.15) is 10.8 Å². The summed E-state index contributed by atoms with van der Waals surface area (Å²) in [7, 11) is 0. The van der Waals surface area contributed by atoms with E-state index < -0.39 is 46.5 Å². The van der Waals surface area contributed by atoms with E-state index in [0.717, 1.165) is 0 Å². The Balaban J connectivity index is 2.07. The normalized spacial score (nSPS) is 20.9. The molecule has 0 unspecified atom stereocenters. The molecule has 8 amide bonds. The van der Waals surface area contributed by atoms with Crippen LogP contribution in [0.1, 0.15) is 65.2 Å². The molecule has 0 aliphatic carbocycles. The molecule has 2 rings (SSSR count). The summed E-state index contributed by atoms with van der Waals surface area (Å²) in [4.78, 5) is 72.2. The van der Waals surface area contributed by atoms with Gasteiger partial charge in [0, 0.05) is 0 Å². The summed E-state index contributed by atoms with van der Waals surface area (Å²) < 4.78 is 0. The van der Waals surface area contributed by atoms with Gasteiger partial charge in [-0.05, 0) is 25.7 Å². The second-order valence-corrected chi connectivity index (χ2v) is 7.35. The van der Waals surface area contributed by atoms with Crippen molar-refractivity contribution in [1.29, 1.82) is 0 Å². The zero-order valence-corrected chi connectivity index (χ0v) is 16.1. The third kappa shape index (κ3) is 3.90. The summed E-state index contributed by atoms with van der Waals surface area (Å²) in [6.07, 6.45) is 2.89. The van der Waals surface area contributed by atoms with Crippen LogP contribution in [-0.2, 0) is 19.2 Å². The lowest BCUT2D eigenvalue weighted by Gasteiger charge is -2.35. The zero-order valence-electron chi connectivity index (χ0n) is 16.1. The minimum absolute atomic E-state index is 0.191. The predicted octanol–water partition coefficient (Wildman–Crippen LogP) is 0.852. The van der Waals surface area contributed by atoms with Gasteiger partial charge in [-0.2, -0.15) is 0 Å². The molecular weight excluding hydrogens is 368 g/mol. The van der Waals surface area contributed by atoms with E-state index in [1.165, 1.54) is 0 Å². The number of unbranched alkanes of at least 4 members (excludes halogenated alkanes) is 1. The third-order valence-corrected chi connectivity index (χ3v) is 5.46. The van der Waals surface area contributed by atoms with Gasteiger partial charge in [-0.3, -0.25) is 40.4 Å². The van der Waals surface area contributed by atoms with Crippen LogP contribution in [0.3, 0.4) is 0 Å². The summed E-state index contributed by atoms with van der Waals surface area (Å²) in [5.41, 5.74) is -2.68. The molecule has 2 saturated heterocycles. The maximum absolute atomic E-state index is 12.4. The molecule has 2 heterocycles. The fraction of sp³-hybridized carbons (Fsp3) is 0.667. The van der Waals surface area contributed by atoms with Crippen molar-refractivity contribution in [2.75, 3.05) is 0 Å². The second kappa shape index (κ2) is 8.49. The van der Waals surface area contributed by atoms with Gasteiger partial charge in [0.05, 0.1) is 0 Å². The van der Waals surface area contributed by atoms with Crippen LogP contribution in [0, 0.1) is 10.8 Å². The van der Waals surface area contributed by atoms with Crippen molar-refractivity contribution in [3.05, 3.63) is 0 Å². The largest absolute Gasteiger partial charge is 0.328 e. The monoisotopic (exact) mass is 394 g/mol. The molecule has 0 radical (unpaired) electrons. The average Bonchev–Trinajstić information content (AvgIpc) is 2.60. The first kappa shape index (κ1) is 21.5. The van der Waals surface area contributed by atoms with Gasteiger partial charge < -0.3 is 0 Å². The maximum Gasteiger partial charge on any atom is 0.328 e. The van der Waals surface area contributed by atoms with Gasteiger partial charge in [-0.25, -0.2) is 9.59 Å². The van der Waals surface area contributed by atoms with Gasteiger partial charge in [0.15, 0.2) is 0 Å². The molecule has 2 aliphatic heterocycles. The van der Waals surface area contributed by atoms with E-state index in [2.05, 4.69) is 21.3 Å². The molecule has 0 aromatic heterocycles. The van der Waals surface area contributed by atoms with E-state index in [9.17, 15) is 28.8 Å². The molecule has 10 heteroatoms. The van der Waals surface area contributed by atoms with Gasteiger partial charge in [-0.15, -0.1) is 0 Å². The van der Waals surface area contributed by atoms with E-state index >= 15 is 0 Å². The topological polar surface area (TPSA) is 151 Å². The summed E-state index contributed by atoms with van der Waals surface area (Å²) in [5.74, 6) is -2.48. The van der Waals surface area contributed by atoms with Crippen molar-refractivity contribution in [3.63, 3.8) is 0 Å². The molecule has 0 saturated carbocycles. The summed E-state index contributed by atoms with van der Waals surface area (Å²) in [6.45, 7) is 3.67. The number of hydrogen-bond donors (Lipinski definition) is 4. The molecule has 2 aliphatic rings. The number of amides is 8. The number of rotatable bonds is 9. The van der Waals surface area contributed by atoms with E-state index in [0.29, 0.717) is 25.7 Å². The van der Waals surface area contributed by atoms with Gasteiger partial charge >= 0.3 is 12.1 Å². The van der Waals surface area contributed by atoms with Gasteiger partial charge in [-0.1, -0.05) is 39.5 Å². The highest BCUT2D eigenvalue weighted by Crippen LogP contribution is 2.37. The maximum atomic E-state index is 12.4. The highest BCUT2D eigenvalue weighted by Gasteiger charge is 2.51. The van der Waals surface area contributed by atoms with Crippen LogP contribution in [0.25, 0.3) is 0 Å². The molecule has 0 bridgehead atoms. The Morgan fingerprint density at radius 3 is 1.07 bits per heavy atom. The highest BCUT2D eigenvalue weighted by atomic mass is 16.2. The quantitative estimate of drug-likeness (QED) is 0.336. The van der Waals surface area contributed by atoms with Crippen molar-refractivity contribution in [1.82, 2.24) is 21.3 Å². The number of carbonyl (C=O) groups is 6. The molecule has 0 aromatic carbocycles. The van der Waals surface area contributed by atoms with E-state index in [-0.39, 0.29) is 25.7 Å². The molecular formula is C18H26N4O6. The Bertz CT molecular complexity index is 617. The molecule has 10 nitrogen and oxygen atoms in total. The Morgan fingerprint density at radius 1 is 0.536 bits per heavy atom. The first-order valence-corrected chi connectivity index (χ1v) is 9.55. The summed E-state index contributed by atoms with van der Waals surface area (Å²) in [6, 6.07) is -1.66. The highest BCUT2D eigenvalue weighted by molar-refractivity contribution is 6.19. The Labute approximate surface area is 162 Å². The fourth-order valence-electron chi connectivity index (χ4n) is 4.03. The molecule has 4 N–H and O–H groups in total. The minimum atomic E-state index is -1.34. The number of carbonyl (C=O) groups excluding carboxylic acids is 6. The van der Waals surface area contributed by atoms with Crippen LogP contribution in [0.2, 0.25) is 0 Å². The zero-order chi connectivity index (χ0) is 20.9. The first-order valence-electron chi connectivity index (χ1n) is 9.55. The Hall–Kier alpha value is -2.78. The lowest BCUT2D eigenvalue weighted by Crippen LogP contribution is -2.62. The van der Waals surface area contributed by atoms with E-state index in [1.54, 1.807) is 0 Å². The van der Waals surface area contributed by atoms with Crippen molar-refractivity contribution >= 4 is 35.7 Å². The molecule has 28 heavy (non-hydrogen) atoms. The molecule has 0 aromatic rings. The van der Waals surface area contributed by atoms with Crippen LogP contribution >= 0.6 is 0 Å². The standard InChI is InChI=1S/C18H26N4O6/c1-3-7-17(11(23)19-15(27)20-12(17)24)9-5-6-10-18(8-4-2)13(25)21-16(28)22-14(18)26/h3-10H2,1-2H3,(H2,19,20,23,24,27)(H2,21,22,25,26,28). The molecule has 0 spiro atoms. The number of imide groups is 4. The van der Waals surface area contributed by atoms with Crippen LogP contribution in [-0.4, -0.2) is 35.7 Å². The number of barbiturate groups is 2. The summed E-state index contributed by atoms with van der Waals surface area (Å²) >= 11 is 0. The van der Waals surface area contributed by atoms with Crippen LogP contribution in [0.15, 0.2) is 0 Å². The Kier molecular flexibility index (Phi) is 6.52. The van der Waals surface area contributed by atoms with Crippen LogP contribution < -0.4 is 21.3 Å². The SMILES string of the molecule is CCCC1(CCCCC2(CCC)C(=O)NC(=O)NC2=O)C(=O)NC(=O)NC1=O. The van der Waals surface area contributed by atoms with E-state index in [4.69, 9.17) is 0 Å². The van der Waals surface area contributed by atoms with Crippen LogP contribution in [0.4, 0.5) is 9.59 Å². The lowest BCUT2D eigenvalue weighted by molar-refractivity contribution is -0.148. The van der Waals surface area contributed by atoms with E-state index in [1.807, 2.05) is 13.8 Å². The second-order valence-electron chi connectivity index (χ2n) is 7.35.